The summed E-state index contributed by atoms with van der Waals surface area (Å²) in [5.41, 5.74) is -1.87. The number of ether oxygens (including phenoxy) is 1. The molecule has 0 aliphatic carbocycles. The molecule has 2 aromatic heterocycles. The first-order valence-corrected chi connectivity index (χ1v) is 10.6. The molecule has 8 nitrogen and oxygen atoms in total. The fraction of sp³-hybridized carbons (Fsp3) is 0.217. The molecule has 1 N–H and O–H groups in total. The third-order valence-electron chi connectivity index (χ3n) is 5.16. The Bertz CT molecular complexity index is 1360. The van der Waals surface area contributed by atoms with Crippen LogP contribution in [0.1, 0.15) is 17.0 Å². The fourth-order valence-corrected chi connectivity index (χ4v) is 3.25. The molecule has 37 heavy (non-hydrogen) atoms. The molecule has 14 heteroatoms. The summed E-state index contributed by atoms with van der Waals surface area (Å²) < 4.78 is 85.5. The molecule has 4 aromatic rings. The van der Waals surface area contributed by atoms with Crippen molar-refractivity contribution < 1.29 is 36.2 Å². The van der Waals surface area contributed by atoms with Crippen molar-refractivity contribution in [3.63, 3.8) is 0 Å². The van der Waals surface area contributed by atoms with E-state index in [2.05, 4.69) is 20.2 Å². The van der Waals surface area contributed by atoms with Crippen LogP contribution in [0.3, 0.4) is 0 Å². The van der Waals surface area contributed by atoms with Crippen molar-refractivity contribution in [1.29, 1.82) is 0 Å². The molecule has 1 atom stereocenters. The first-order chi connectivity index (χ1) is 17.6. The van der Waals surface area contributed by atoms with Gasteiger partial charge in [0.25, 0.3) is 0 Å². The highest BCUT2D eigenvalue weighted by Gasteiger charge is 2.41. The topological polar surface area (TPSA) is 90.9 Å². The average molecular weight is 524 g/mol. The van der Waals surface area contributed by atoms with E-state index in [-0.39, 0.29) is 23.7 Å². The largest absolute Gasteiger partial charge is 0.487 e. The molecule has 2 heterocycles. The molecule has 0 bridgehead atoms. The Morgan fingerprint density at radius 3 is 2.43 bits per heavy atom. The van der Waals surface area contributed by atoms with Crippen molar-refractivity contribution in [3.05, 3.63) is 90.0 Å². The fourth-order valence-electron chi connectivity index (χ4n) is 3.25. The van der Waals surface area contributed by atoms with Gasteiger partial charge in [-0.2, -0.15) is 13.9 Å². The Kier molecular flexibility index (Phi) is 7.29. The zero-order chi connectivity index (χ0) is 26.6. The van der Waals surface area contributed by atoms with Crippen LogP contribution >= 0.6 is 0 Å². The van der Waals surface area contributed by atoms with E-state index >= 15 is 0 Å². The molecule has 2 aromatic carbocycles. The summed E-state index contributed by atoms with van der Waals surface area (Å²) in [6.07, 6.45) is 2.83. The van der Waals surface area contributed by atoms with E-state index in [1.54, 1.807) is 6.08 Å². The molecule has 0 fully saturated rings. The maximum Gasteiger partial charge on any atom is 0.340 e. The van der Waals surface area contributed by atoms with Crippen LogP contribution in [-0.2, 0) is 12.3 Å². The molecule has 0 spiro atoms. The minimum absolute atomic E-state index is 0.0284. The molecule has 0 saturated carbocycles. The third kappa shape index (κ3) is 5.97. The van der Waals surface area contributed by atoms with E-state index in [1.165, 1.54) is 47.7 Å². The van der Waals surface area contributed by atoms with E-state index in [1.807, 2.05) is 0 Å². The van der Waals surface area contributed by atoms with E-state index in [9.17, 15) is 31.4 Å². The van der Waals surface area contributed by atoms with Crippen LogP contribution in [0.5, 0.6) is 5.75 Å². The van der Waals surface area contributed by atoms with Crippen LogP contribution in [0, 0.1) is 11.6 Å². The zero-order valence-electron chi connectivity index (χ0n) is 18.7. The zero-order valence-corrected chi connectivity index (χ0v) is 18.7. The SMILES string of the molecule is OC(Cn1cncn1)(c1ccc(F)cc1F)n1cnc(/C=C/c2ccc(OCC(F)(F)C(F)F)cc2)n1. The highest BCUT2D eigenvalue weighted by atomic mass is 19.3. The second-order valence-electron chi connectivity index (χ2n) is 7.83. The van der Waals surface area contributed by atoms with Crippen molar-refractivity contribution in [2.45, 2.75) is 24.6 Å². The van der Waals surface area contributed by atoms with Gasteiger partial charge in [0.2, 0.25) is 5.72 Å². The second-order valence-corrected chi connectivity index (χ2v) is 7.83. The lowest BCUT2D eigenvalue weighted by Crippen LogP contribution is -2.41. The summed E-state index contributed by atoms with van der Waals surface area (Å²) >= 11 is 0. The predicted octanol–water partition coefficient (Wildman–Crippen LogP) is 3.99. The molecule has 0 amide bonds. The van der Waals surface area contributed by atoms with Gasteiger partial charge < -0.3 is 9.84 Å². The monoisotopic (exact) mass is 524 g/mol. The molecule has 4 rings (SSSR count). The van der Waals surface area contributed by atoms with Gasteiger partial charge in [0.15, 0.2) is 12.4 Å². The molecular weight excluding hydrogens is 506 g/mol. The van der Waals surface area contributed by atoms with Crippen LogP contribution < -0.4 is 4.74 Å². The quantitative estimate of drug-likeness (QED) is 0.316. The summed E-state index contributed by atoms with van der Waals surface area (Å²) in [7, 11) is 0. The van der Waals surface area contributed by atoms with Crippen LogP contribution in [0.2, 0.25) is 0 Å². The first-order valence-electron chi connectivity index (χ1n) is 10.6. The Morgan fingerprint density at radius 1 is 1.03 bits per heavy atom. The normalized spacial score (nSPS) is 13.8. The molecule has 0 radical (unpaired) electrons. The van der Waals surface area contributed by atoms with Gasteiger partial charge in [-0.3, -0.25) is 0 Å². The minimum atomic E-state index is -4.27. The van der Waals surface area contributed by atoms with Gasteiger partial charge in [0, 0.05) is 11.6 Å². The summed E-state index contributed by atoms with van der Waals surface area (Å²) in [6, 6.07) is 8.31. The van der Waals surface area contributed by atoms with Gasteiger partial charge in [-0.25, -0.2) is 36.9 Å². The van der Waals surface area contributed by atoms with Crippen molar-refractivity contribution in [1.82, 2.24) is 29.5 Å². The van der Waals surface area contributed by atoms with Crippen molar-refractivity contribution in [3.8, 4) is 5.75 Å². The Morgan fingerprint density at radius 2 is 1.78 bits per heavy atom. The summed E-state index contributed by atoms with van der Waals surface area (Å²) in [6.45, 7) is -1.79. The molecule has 0 saturated heterocycles. The number of alkyl halides is 4. The van der Waals surface area contributed by atoms with Gasteiger partial charge in [-0.1, -0.05) is 18.2 Å². The van der Waals surface area contributed by atoms with Crippen LogP contribution in [0.15, 0.2) is 61.4 Å². The number of rotatable bonds is 10. The van der Waals surface area contributed by atoms with Gasteiger partial charge in [-0.05, 0) is 35.9 Å². The Hall–Kier alpha value is -4.20. The van der Waals surface area contributed by atoms with Crippen molar-refractivity contribution in [2.24, 2.45) is 0 Å². The average Bonchev–Trinajstić information content (AvgIpc) is 3.54. The maximum atomic E-state index is 14.6. The standard InChI is InChI=1S/C23H18F6N6O2/c24-16-4-7-18(19(25)9-16)23(36,10-34-13-30-12-32-34)35-14-31-20(33-35)8-3-15-1-5-17(6-2-15)37-11-22(28,29)21(26)27/h1-9,12-14,21,36H,10-11H2/b8-3+. The lowest BCUT2D eigenvalue weighted by atomic mass is 10.0. The number of hydrogen-bond donors (Lipinski definition) is 1. The van der Waals surface area contributed by atoms with Crippen molar-refractivity contribution in [2.75, 3.05) is 6.61 Å². The molecular formula is C23H18F6N6O2. The van der Waals surface area contributed by atoms with E-state index in [4.69, 9.17) is 4.74 Å². The second kappa shape index (κ2) is 10.4. The van der Waals surface area contributed by atoms with Crippen molar-refractivity contribution >= 4 is 12.2 Å². The highest BCUT2D eigenvalue weighted by molar-refractivity contribution is 5.66. The number of aliphatic hydroxyl groups is 1. The van der Waals surface area contributed by atoms with Crippen LogP contribution in [0.4, 0.5) is 26.3 Å². The lowest BCUT2D eigenvalue weighted by molar-refractivity contribution is -0.148. The number of benzene rings is 2. The maximum absolute atomic E-state index is 14.6. The minimum Gasteiger partial charge on any atom is -0.487 e. The van der Waals surface area contributed by atoms with Gasteiger partial charge in [-0.15, -0.1) is 5.10 Å². The Balaban J connectivity index is 1.52. The molecule has 0 aliphatic heterocycles. The Labute approximate surface area is 205 Å². The first kappa shape index (κ1) is 25.9. The van der Waals surface area contributed by atoms with Gasteiger partial charge in [0.05, 0.1) is 6.54 Å². The summed E-state index contributed by atoms with van der Waals surface area (Å²) in [4.78, 5) is 7.86. The summed E-state index contributed by atoms with van der Waals surface area (Å²) in [5.74, 6) is -6.03. The lowest BCUT2D eigenvalue weighted by Gasteiger charge is -2.28. The van der Waals surface area contributed by atoms with Crippen LogP contribution in [-0.4, -0.2) is 53.6 Å². The number of aromatic nitrogens is 6. The molecule has 194 valence electrons. The van der Waals surface area contributed by atoms with Crippen LogP contribution in [0.25, 0.3) is 12.2 Å². The molecule has 0 aliphatic rings. The predicted molar refractivity (Wildman–Crippen MR) is 118 cm³/mol. The van der Waals surface area contributed by atoms with E-state index in [0.717, 1.165) is 23.1 Å². The van der Waals surface area contributed by atoms with Gasteiger partial charge >= 0.3 is 12.3 Å². The molecule has 1 unspecified atom stereocenters. The third-order valence-corrected chi connectivity index (χ3v) is 5.16. The van der Waals surface area contributed by atoms with E-state index < -0.39 is 36.3 Å². The number of halogens is 6. The van der Waals surface area contributed by atoms with E-state index in [0.29, 0.717) is 11.6 Å². The number of hydrogen-bond acceptors (Lipinski definition) is 6. The smallest absolute Gasteiger partial charge is 0.340 e. The van der Waals surface area contributed by atoms with Gasteiger partial charge in [0.1, 0.15) is 36.4 Å². The highest BCUT2D eigenvalue weighted by Crippen LogP contribution is 2.28. The summed E-state index contributed by atoms with van der Waals surface area (Å²) in [5, 5.41) is 19.5. The number of nitrogens with zero attached hydrogens (tertiary/aromatic N) is 6.